The van der Waals surface area contributed by atoms with Crippen LogP contribution >= 0.6 is 25.4 Å². The minimum atomic E-state index is -1.75. The van der Waals surface area contributed by atoms with Crippen LogP contribution in [0.4, 0.5) is 0 Å². The first-order valence-electron chi connectivity index (χ1n) is 8.80. The first kappa shape index (κ1) is 25.6. The van der Waals surface area contributed by atoms with E-state index in [1.807, 2.05) is 6.07 Å². The van der Waals surface area contributed by atoms with Gasteiger partial charge in [-0.1, -0.05) is 71.9 Å². The van der Waals surface area contributed by atoms with E-state index in [2.05, 4.69) is 104 Å². The Labute approximate surface area is 177 Å². The van der Waals surface area contributed by atoms with Crippen molar-refractivity contribution in [1.82, 2.24) is 0 Å². The van der Waals surface area contributed by atoms with Gasteiger partial charge in [-0.2, -0.15) is 0 Å². The average molecular weight is 495 g/mol. The van der Waals surface area contributed by atoms with Crippen LogP contribution in [0, 0.1) is 17.2 Å². The van der Waals surface area contributed by atoms with E-state index in [0.29, 0.717) is 11.8 Å². The van der Waals surface area contributed by atoms with Gasteiger partial charge in [0.2, 0.25) is 0 Å². The summed E-state index contributed by atoms with van der Waals surface area (Å²) >= 11 is 5.90. The Balaban J connectivity index is 0.00000277. The molecule has 138 valence electrons. The zero-order chi connectivity index (χ0) is 19.7. The molecule has 1 aromatic carbocycles. The third kappa shape index (κ3) is 9.37. The number of hydrogen-bond donors (Lipinski definition) is 0. The van der Waals surface area contributed by atoms with Crippen LogP contribution in [0.15, 0.2) is 41.3 Å². The van der Waals surface area contributed by atoms with Crippen LogP contribution in [-0.4, -0.2) is 14.4 Å². The van der Waals surface area contributed by atoms with E-state index in [0.717, 1.165) is 0 Å². The first-order valence-corrected chi connectivity index (χ1v) is 19.5. The molecule has 0 bridgehead atoms. The van der Waals surface area contributed by atoms with Gasteiger partial charge in [0.1, 0.15) is 0 Å². The average Bonchev–Trinajstić information content (AvgIpc) is 2.54. The molecule has 0 aliphatic rings. The maximum atomic E-state index is 6.69. The Morgan fingerprint density at radius 1 is 1.12 bits per heavy atom. The van der Waals surface area contributed by atoms with Crippen LogP contribution < -0.4 is 0 Å². The van der Waals surface area contributed by atoms with E-state index in [1.165, 1.54) is 21.2 Å². The fourth-order valence-electron chi connectivity index (χ4n) is 2.16. The Morgan fingerprint density at radius 2 is 1.64 bits per heavy atom. The Kier molecular flexibility index (Phi) is 12.4. The second-order valence-electron chi connectivity index (χ2n) is 8.15. The van der Waals surface area contributed by atoms with E-state index in [4.69, 9.17) is 4.43 Å². The van der Waals surface area contributed by atoms with Crippen molar-refractivity contribution < 1.29 is 20.8 Å². The third-order valence-electron chi connectivity index (χ3n) is 4.66. The van der Waals surface area contributed by atoms with Gasteiger partial charge in [-0.15, -0.1) is 0 Å². The number of halogens is 1. The molecule has 0 aromatic heterocycles. The van der Waals surface area contributed by atoms with E-state index < -0.39 is 8.32 Å². The molecule has 1 aromatic rings. The van der Waals surface area contributed by atoms with Gasteiger partial charge in [-0.05, 0) is 34.9 Å². The van der Waals surface area contributed by atoms with Crippen molar-refractivity contribution in [2.45, 2.75) is 70.7 Å². The summed E-state index contributed by atoms with van der Waals surface area (Å²) in [6.45, 7) is 18.3. The summed E-state index contributed by atoms with van der Waals surface area (Å²) < 4.78 is 6.69. The maximum absolute atomic E-state index is 6.69. The molecule has 0 amide bonds. The van der Waals surface area contributed by atoms with E-state index >= 15 is 0 Å². The molecule has 0 N–H and O–H groups in total. The van der Waals surface area contributed by atoms with Crippen LogP contribution in [0.5, 0.6) is 0 Å². The molecule has 25 heavy (non-hydrogen) atoms. The Morgan fingerprint density at radius 3 is 2.08 bits per heavy atom. The van der Waals surface area contributed by atoms with E-state index in [1.54, 1.807) is 11.8 Å². The van der Waals surface area contributed by atoms with Crippen molar-refractivity contribution >= 4 is 33.7 Å². The van der Waals surface area contributed by atoms with Gasteiger partial charge in [-0.25, -0.2) is 0 Å². The van der Waals surface area contributed by atoms with E-state index in [-0.39, 0.29) is 11.1 Å². The van der Waals surface area contributed by atoms with Crippen LogP contribution in [-0.2, 0) is 20.8 Å². The van der Waals surface area contributed by atoms with Crippen LogP contribution in [0.3, 0.4) is 0 Å². The SMILES string of the molecule is CC(C)[C@@H](O[Si](C)(C)C(C)(C)C)[C@@H](C)C=[C-]Sc1ccccc1.[Zn+][Br]. The second kappa shape index (κ2) is 12.1. The molecular formula is C20H33BrOSSiZn. The van der Waals surface area contributed by atoms with Crippen LogP contribution in [0.25, 0.3) is 0 Å². The number of hydrogen-bond acceptors (Lipinski definition) is 2. The predicted molar refractivity (Wildman–Crippen MR) is 115 cm³/mol. The Bertz CT molecular complexity index is 500. The quantitative estimate of drug-likeness (QED) is 0.219. The molecule has 0 heterocycles. The Hall–Kier alpha value is 0.590. The molecule has 2 atom stereocenters. The van der Waals surface area contributed by atoms with Gasteiger partial charge < -0.3 is 21.6 Å². The molecule has 0 aliphatic carbocycles. The van der Waals surface area contributed by atoms with E-state index in [9.17, 15) is 0 Å². The van der Waals surface area contributed by atoms with Gasteiger partial charge >= 0.3 is 30.0 Å². The summed E-state index contributed by atoms with van der Waals surface area (Å²) in [5, 5.41) is 3.63. The predicted octanol–water partition coefficient (Wildman–Crippen LogP) is 7.62. The zero-order valence-electron chi connectivity index (χ0n) is 17.1. The summed E-state index contributed by atoms with van der Waals surface area (Å²) in [4.78, 5) is 1.22. The molecule has 1 nitrogen and oxygen atoms in total. The topological polar surface area (TPSA) is 9.23 Å². The van der Waals surface area contributed by atoms with Crippen LogP contribution in [0.1, 0.15) is 41.5 Å². The number of thioether (sulfide) groups is 1. The summed E-state index contributed by atoms with van der Waals surface area (Å²) in [5.41, 5.74) is 0. The molecule has 0 aliphatic heterocycles. The van der Waals surface area contributed by atoms with Crippen molar-refractivity contribution in [3.8, 4) is 0 Å². The van der Waals surface area contributed by atoms with Crippen molar-refractivity contribution in [1.29, 1.82) is 0 Å². The van der Waals surface area contributed by atoms with Gasteiger partial charge in [0.15, 0.2) is 8.32 Å². The minimum absolute atomic E-state index is 0.242. The standard InChI is InChI=1S/C20H33OSSi.BrH.Zn/c1-16(2)19(21-23(7,8)20(4,5)6)17(3)14-15-22-18-12-10-9-11-13-18;;/h9-14,16-17,19H,1-8H3;1H;/q-1;;+2/p-1/t17-,19+;;/m0../s1. The van der Waals surface area contributed by atoms with Crippen LogP contribution in [0.2, 0.25) is 18.1 Å². The van der Waals surface area contributed by atoms with Crippen molar-refractivity contribution in [2.24, 2.45) is 11.8 Å². The van der Waals surface area contributed by atoms with Crippen molar-refractivity contribution in [3.05, 3.63) is 41.8 Å². The fraction of sp³-hybridized carbons (Fsp3) is 0.600. The number of rotatable bonds is 7. The molecule has 5 heteroatoms. The summed E-state index contributed by atoms with van der Waals surface area (Å²) in [6.07, 6.45) is 2.43. The summed E-state index contributed by atoms with van der Waals surface area (Å²) in [5.74, 6) is 0.860. The molecule has 1 rings (SSSR count). The van der Waals surface area contributed by atoms with Gasteiger partial charge in [0.25, 0.3) is 0 Å². The molecule has 0 unspecified atom stereocenters. The molecule has 0 saturated carbocycles. The molecule has 0 spiro atoms. The van der Waals surface area contributed by atoms with Crippen molar-refractivity contribution in [3.63, 3.8) is 0 Å². The molecule has 0 fully saturated rings. The van der Waals surface area contributed by atoms with Gasteiger partial charge in [0, 0.05) is 0 Å². The molecule has 0 radical (unpaired) electrons. The summed E-state index contributed by atoms with van der Waals surface area (Å²) in [6, 6.07) is 10.4. The molecule has 0 saturated heterocycles. The monoisotopic (exact) mass is 492 g/mol. The van der Waals surface area contributed by atoms with Gasteiger partial charge in [-0.3, -0.25) is 6.08 Å². The van der Waals surface area contributed by atoms with Gasteiger partial charge in [0.05, 0.1) is 6.10 Å². The normalized spacial score (nSPS) is 15.0. The second-order valence-corrected chi connectivity index (χ2v) is 13.8. The summed E-state index contributed by atoms with van der Waals surface area (Å²) in [7, 11) is -1.75. The zero-order valence-corrected chi connectivity index (χ0v) is 23.5. The van der Waals surface area contributed by atoms with Crippen molar-refractivity contribution in [2.75, 3.05) is 0 Å². The third-order valence-corrected chi connectivity index (χ3v) is 9.90. The first-order chi connectivity index (χ1) is 11.5. The number of benzene rings is 1. The molecular weight excluding hydrogens is 462 g/mol. The fourth-order valence-corrected chi connectivity index (χ4v) is 4.39.